The molecule has 7 nitrogen and oxygen atoms in total. The minimum atomic E-state index is -0.745. The lowest BCUT2D eigenvalue weighted by atomic mass is 9.81. The number of imide groups is 1. The van der Waals surface area contributed by atoms with Crippen LogP contribution in [0.15, 0.2) is 0 Å². The zero-order valence-corrected chi connectivity index (χ0v) is 13.3. The summed E-state index contributed by atoms with van der Waals surface area (Å²) in [6, 6.07) is -0.765. The highest BCUT2D eigenvalue weighted by Gasteiger charge is 2.63. The maximum absolute atomic E-state index is 12.7. The van der Waals surface area contributed by atoms with E-state index in [1.165, 1.54) is 4.90 Å². The molecule has 6 unspecified atom stereocenters. The average Bonchev–Trinajstić information content (AvgIpc) is 3.20. The van der Waals surface area contributed by atoms with E-state index in [9.17, 15) is 14.4 Å². The topological polar surface area (TPSA) is 92.9 Å². The van der Waals surface area contributed by atoms with Gasteiger partial charge in [0.05, 0.1) is 24.0 Å². The van der Waals surface area contributed by atoms with E-state index in [1.807, 2.05) is 0 Å². The maximum Gasteiger partial charge on any atom is 0.245 e. The third kappa shape index (κ3) is 2.13. The van der Waals surface area contributed by atoms with Gasteiger partial charge in [-0.3, -0.25) is 19.3 Å². The van der Waals surface area contributed by atoms with Crippen molar-refractivity contribution in [3.8, 4) is 0 Å². The molecule has 4 aliphatic rings. The van der Waals surface area contributed by atoms with Gasteiger partial charge >= 0.3 is 0 Å². The molecule has 23 heavy (non-hydrogen) atoms. The van der Waals surface area contributed by atoms with E-state index in [4.69, 9.17) is 10.5 Å². The van der Waals surface area contributed by atoms with Gasteiger partial charge in [-0.15, -0.1) is 0 Å². The first-order chi connectivity index (χ1) is 11.0. The van der Waals surface area contributed by atoms with Crippen molar-refractivity contribution in [2.75, 3.05) is 13.1 Å². The number of amides is 3. The molecule has 7 heteroatoms. The van der Waals surface area contributed by atoms with E-state index < -0.39 is 6.04 Å². The fourth-order valence-corrected chi connectivity index (χ4v) is 4.70. The largest absolute Gasteiger partial charge is 0.373 e. The van der Waals surface area contributed by atoms with Crippen LogP contribution in [0.1, 0.15) is 32.6 Å². The second-order valence-corrected chi connectivity index (χ2v) is 7.25. The van der Waals surface area contributed by atoms with Crippen molar-refractivity contribution in [3.63, 3.8) is 0 Å². The van der Waals surface area contributed by atoms with Crippen LogP contribution in [0.5, 0.6) is 0 Å². The smallest absolute Gasteiger partial charge is 0.245 e. The first-order valence-electron chi connectivity index (χ1n) is 8.55. The fraction of sp³-hybridized carbons (Fsp3) is 0.812. The summed E-state index contributed by atoms with van der Waals surface area (Å²) in [4.78, 5) is 41.0. The predicted molar refractivity (Wildman–Crippen MR) is 80.0 cm³/mol. The minimum absolute atomic E-state index is 0.0199. The third-order valence-electron chi connectivity index (χ3n) is 5.83. The molecule has 0 saturated carbocycles. The number of carbonyl (C=O) groups is 3. The van der Waals surface area contributed by atoms with Gasteiger partial charge in [0.25, 0.3) is 0 Å². The summed E-state index contributed by atoms with van der Waals surface area (Å²) >= 11 is 0. The van der Waals surface area contributed by atoms with Gasteiger partial charge in [-0.2, -0.15) is 0 Å². The first-order valence-corrected chi connectivity index (χ1v) is 8.55. The van der Waals surface area contributed by atoms with Gasteiger partial charge in [0.15, 0.2) is 0 Å². The molecule has 0 aromatic carbocycles. The number of nitrogens with two attached hydrogens (primary N) is 1. The van der Waals surface area contributed by atoms with Gasteiger partial charge in [0, 0.05) is 19.1 Å². The summed E-state index contributed by atoms with van der Waals surface area (Å²) in [6.45, 7) is 2.80. The Kier molecular flexibility index (Phi) is 3.46. The second kappa shape index (κ2) is 5.27. The third-order valence-corrected chi connectivity index (χ3v) is 5.83. The van der Waals surface area contributed by atoms with Gasteiger partial charge in [-0.05, 0) is 32.6 Å². The molecule has 6 atom stereocenters. The van der Waals surface area contributed by atoms with Crippen molar-refractivity contribution < 1.29 is 19.1 Å². The zero-order chi connectivity index (χ0) is 16.3. The lowest BCUT2D eigenvalue weighted by Crippen LogP contribution is -2.54. The molecule has 0 radical (unpaired) electrons. The molecule has 0 aromatic heterocycles. The molecule has 4 aliphatic heterocycles. The first kappa shape index (κ1) is 15.1. The lowest BCUT2D eigenvalue weighted by Gasteiger charge is -2.34. The highest BCUT2D eigenvalue weighted by atomic mass is 16.5. The molecule has 4 fully saturated rings. The predicted octanol–water partition coefficient (Wildman–Crippen LogP) is -0.513. The average molecular weight is 321 g/mol. The number of hydrogen-bond donors (Lipinski definition) is 1. The molecule has 2 N–H and O–H groups in total. The Balaban J connectivity index is 1.52. The van der Waals surface area contributed by atoms with E-state index in [0.29, 0.717) is 13.1 Å². The number of carbonyl (C=O) groups excluding carboxylic acids is 3. The molecule has 4 saturated heterocycles. The van der Waals surface area contributed by atoms with Crippen LogP contribution in [0.25, 0.3) is 0 Å². The summed E-state index contributed by atoms with van der Waals surface area (Å²) < 4.78 is 5.72. The molecule has 4 heterocycles. The normalized spacial score (nSPS) is 40.7. The summed E-state index contributed by atoms with van der Waals surface area (Å²) in [5.41, 5.74) is 5.93. The number of rotatable bonds is 2. The van der Waals surface area contributed by atoms with Crippen LogP contribution < -0.4 is 5.73 Å². The summed E-state index contributed by atoms with van der Waals surface area (Å²) in [5, 5.41) is 0. The van der Waals surface area contributed by atoms with Crippen LogP contribution in [0.2, 0.25) is 0 Å². The number of fused-ring (bicyclic) bond motifs is 5. The standard InChI is InChI=1S/C16H23N3O4/c1-8(14(20)18-6-2-3-9(17)7-18)19-15(21)12-10-4-5-11(23-10)13(12)16(19)22/h8-13H,2-7,17H2,1H3. The molecule has 4 rings (SSSR count). The van der Waals surface area contributed by atoms with Gasteiger partial charge in [-0.1, -0.05) is 0 Å². The van der Waals surface area contributed by atoms with Crippen molar-refractivity contribution in [1.82, 2.24) is 9.80 Å². The zero-order valence-electron chi connectivity index (χ0n) is 13.3. The van der Waals surface area contributed by atoms with Crippen molar-refractivity contribution in [3.05, 3.63) is 0 Å². The van der Waals surface area contributed by atoms with Crippen LogP contribution in [-0.4, -0.2) is 64.9 Å². The van der Waals surface area contributed by atoms with E-state index in [1.54, 1.807) is 11.8 Å². The lowest BCUT2D eigenvalue weighted by molar-refractivity contribution is -0.153. The van der Waals surface area contributed by atoms with Crippen LogP contribution >= 0.6 is 0 Å². The number of nitrogens with zero attached hydrogens (tertiary/aromatic N) is 2. The number of likely N-dealkylation sites (tertiary alicyclic amines) is 2. The highest BCUT2D eigenvalue weighted by molar-refractivity contribution is 6.09. The van der Waals surface area contributed by atoms with Gasteiger partial charge < -0.3 is 15.4 Å². The van der Waals surface area contributed by atoms with E-state index in [2.05, 4.69) is 0 Å². The number of hydrogen-bond acceptors (Lipinski definition) is 5. The molecule has 0 spiro atoms. The van der Waals surface area contributed by atoms with E-state index in [-0.39, 0.29) is 47.8 Å². The SMILES string of the molecule is CC(C(=O)N1CCCC(N)C1)N1C(=O)C2C3CCC(O3)C2C1=O. The molecule has 3 amide bonds. The highest BCUT2D eigenvalue weighted by Crippen LogP contribution is 2.48. The Morgan fingerprint density at radius 2 is 1.78 bits per heavy atom. The molecular formula is C16H23N3O4. The van der Waals surface area contributed by atoms with E-state index >= 15 is 0 Å². The Bertz CT molecular complexity index is 538. The molecule has 2 bridgehead atoms. The molecule has 126 valence electrons. The van der Waals surface area contributed by atoms with Crippen molar-refractivity contribution in [1.29, 1.82) is 0 Å². The quantitative estimate of drug-likeness (QED) is 0.691. The minimum Gasteiger partial charge on any atom is -0.373 e. The van der Waals surface area contributed by atoms with Crippen LogP contribution in [0, 0.1) is 11.8 Å². The van der Waals surface area contributed by atoms with Crippen LogP contribution in [-0.2, 0) is 19.1 Å². The Hall–Kier alpha value is -1.47. The summed E-state index contributed by atoms with van der Waals surface area (Å²) in [7, 11) is 0. The Morgan fingerprint density at radius 1 is 1.17 bits per heavy atom. The Labute approximate surface area is 135 Å². The van der Waals surface area contributed by atoms with Gasteiger partial charge in [-0.25, -0.2) is 0 Å². The van der Waals surface area contributed by atoms with Crippen molar-refractivity contribution in [2.45, 2.75) is 56.9 Å². The summed E-state index contributed by atoms with van der Waals surface area (Å²) in [5.74, 6) is -1.38. The van der Waals surface area contributed by atoms with Crippen molar-refractivity contribution >= 4 is 17.7 Å². The van der Waals surface area contributed by atoms with Gasteiger partial charge in [0.2, 0.25) is 17.7 Å². The molecular weight excluding hydrogens is 298 g/mol. The number of piperidine rings is 1. The number of ether oxygens (including phenoxy) is 1. The van der Waals surface area contributed by atoms with Crippen LogP contribution in [0.3, 0.4) is 0 Å². The van der Waals surface area contributed by atoms with Crippen molar-refractivity contribution in [2.24, 2.45) is 17.6 Å². The second-order valence-electron chi connectivity index (χ2n) is 7.25. The molecule has 0 aromatic rings. The summed E-state index contributed by atoms with van der Waals surface area (Å²) in [6.07, 6.45) is 3.16. The fourth-order valence-electron chi connectivity index (χ4n) is 4.70. The monoisotopic (exact) mass is 321 g/mol. The van der Waals surface area contributed by atoms with Gasteiger partial charge in [0.1, 0.15) is 6.04 Å². The maximum atomic E-state index is 12.7. The van der Waals surface area contributed by atoms with E-state index in [0.717, 1.165) is 25.7 Å². The Morgan fingerprint density at radius 3 is 2.35 bits per heavy atom. The van der Waals surface area contributed by atoms with Crippen LogP contribution in [0.4, 0.5) is 0 Å². The molecule has 0 aliphatic carbocycles.